The summed E-state index contributed by atoms with van der Waals surface area (Å²) in [6, 6.07) is 7.10. The summed E-state index contributed by atoms with van der Waals surface area (Å²) < 4.78 is 5.20. The Morgan fingerprint density at radius 3 is 3.00 bits per heavy atom. The number of hydrogen-bond acceptors (Lipinski definition) is 5. The lowest BCUT2D eigenvalue weighted by Gasteiger charge is -2.01. The van der Waals surface area contributed by atoms with E-state index in [0.29, 0.717) is 21.1 Å². The van der Waals surface area contributed by atoms with Crippen LogP contribution in [0.4, 0.5) is 5.13 Å². The van der Waals surface area contributed by atoms with Gasteiger partial charge in [-0.25, -0.2) is 14.8 Å². The van der Waals surface area contributed by atoms with Gasteiger partial charge in [-0.1, -0.05) is 23.7 Å². The minimum absolute atomic E-state index is 0.232. The average molecular weight is 291 g/mol. The highest BCUT2D eigenvalue weighted by Gasteiger charge is 2.10. The maximum Gasteiger partial charge on any atom is 0.346 e. The Bertz CT molecular complexity index is 809. The van der Waals surface area contributed by atoms with E-state index in [4.69, 9.17) is 16.0 Å². The molecule has 2 heterocycles. The first-order valence-corrected chi connectivity index (χ1v) is 6.66. The zero-order valence-electron chi connectivity index (χ0n) is 9.54. The zero-order valence-corrected chi connectivity index (χ0v) is 11.1. The van der Waals surface area contributed by atoms with Crippen LogP contribution in [0.1, 0.15) is 5.56 Å². The Balaban J connectivity index is 2.16. The van der Waals surface area contributed by atoms with Gasteiger partial charge < -0.3 is 4.42 Å². The Hall–Kier alpha value is -1.98. The highest BCUT2D eigenvalue weighted by molar-refractivity contribution is 7.13. The number of benzene rings is 1. The van der Waals surface area contributed by atoms with Crippen molar-refractivity contribution in [1.82, 2.24) is 4.98 Å². The number of rotatable bonds is 2. The molecule has 4 nitrogen and oxygen atoms in total. The van der Waals surface area contributed by atoms with Gasteiger partial charge in [0.1, 0.15) is 5.58 Å². The second-order valence-corrected chi connectivity index (χ2v) is 4.94. The zero-order chi connectivity index (χ0) is 13.2. The molecule has 0 atom stereocenters. The number of hydrogen-bond donors (Lipinski definition) is 0. The molecule has 19 heavy (non-hydrogen) atoms. The minimum atomic E-state index is -0.510. The number of para-hydroxylation sites is 1. The Morgan fingerprint density at radius 1 is 1.37 bits per heavy atom. The summed E-state index contributed by atoms with van der Waals surface area (Å²) in [7, 11) is 0. The maximum absolute atomic E-state index is 11.9. The smallest absolute Gasteiger partial charge is 0.346 e. The molecule has 0 saturated heterocycles. The quantitative estimate of drug-likeness (QED) is 0.535. The minimum Gasteiger partial charge on any atom is -0.422 e. The van der Waals surface area contributed by atoms with Crippen LogP contribution < -0.4 is 5.63 Å². The van der Waals surface area contributed by atoms with E-state index in [0.717, 1.165) is 0 Å². The summed E-state index contributed by atoms with van der Waals surface area (Å²) in [5.74, 6) is 0. The number of aliphatic imine (C=N–C) groups is 1. The van der Waals surface area contributed by atoms with Gasteiger partial charge in [-0.05, 0) is 12.1 Å². The Morgan fingerprint density at radius 2 is 2.21 bits per heavy atom. The molecule has 0 amide bonds. The third-order valence-electron chi connectivity index (χ3n) is 2.51. The van der Waals surface area contributed by atoms with Crippen LogP contribution in [0.15, 0.2) is 50.0 Å². The van der Waals surface area contributed by atoms with E-state index in [9.17, 15) is 4.79 Å². The van der Waals surface area contributed by atoms with Crippen molar-refractivity contribution < 1.29 is 4.42 Å². The van der Waals surface area contributed by atoms with Crippen LogP contribution in [0.3, 0.4) is 0 Å². The van der Waals surface area contributed by atoms with Crippen LogP contribution in [-0.4, -0.2) is 11.2 Å². The lowest BCUT2D eigenvalue weighted by atomic mass is 10.2. The highest BCUT2D eigenvalue weighted by atomic mass is 35.5. The second kappa shape index (κ2) is 4.95. The van der Waals surface area contributed by atoms with Gasteiger partial charge in [-0.3, -0.25) is 0 Å². The highest BCUT2D eigenvalue weighted by Crippen LogP contribution is 2.24. The van der Waals surface area contributed by atoms with Crippen molar-refractivity contribution in [3.05, 3.63) is 56.8 Å². The van der Waals surface area contributed by atoms with Crippen molar-refractivity contribution >= 4 is 45.3 Å². The van der Waals surface area contributed by atoms with Crippen molar-refractivity contribution in [1.29, 1.82) is 0 Å². The van der Waals surface area contributed by atoms with E-state index >= 15 is 0 Å². The summed E-state index contributed by atoms with van der Waals surface area (Å²) in [4.78, 5) is 20.0. The third-order valence-corrected chi connectivity index (χ3v) is 3.59. The normalized spacial score (nSPS) is 11.4. The number of thiazole rings is 1. The molecule has 0 aliphatic carbocycles. The first-order valence-electron chi connectivity index (χ1n) is 5.40. The molecule has 0 saturated carbocycles. The Kier molecular flexibility index (Phi) is 3.15. The van der Waals surface area contributed by atoms with Gasteiger partial charge in [0.15, 0.2) is 0 Å². The van der Waals surface area contributed by atoms with Gasteiger partial charge in [0.25, 0.3) is 0 Å². The predicted molar refractivity (Wildman–Crippen MR) is 76.9 cm³/mol. The molecule has 0 aliphatic heterocycles. The van der Waals surface area contributed by atoms with Gasteiger partial charge in [-0.15, -0.1) is 11.3 Å². The van der Waals surface area contributed by atoms with Gasteiger partial charge in [0, 0.05) is 23.2 Å². The van der Waals surface area contributed by atoms with Crippen molar-refractivity contribution in [2.24, 2.45) is 4.99 Å². The fourth-order valence-electron chi connectivity index (χ4n) is 1.64. The SMILES string of the molecule is O=c1oc2ccccc2c(Cl)c1/C=N/c1nccs1. The van der Waals surface area contributed by atoms with Crippen molar-refractivity contribution in [2.75, 3.05) is 0 Å². The van der Waals surface area contributed by atoms with Crippen LogP contribution in [0.25, 0.3) is 11.0 Å². The molecule has 0 unspecified atom stereocenters. The molecular formula is C13H7ClN2O2S. The third kappa shape index (κ3) is 2.30. The molecule has 0 N–H and O–H groups in total. The molecule has 0 spiro atoms. The van der Waals surface area contributed by atoms with Crippen LogP contribution in [0, 0.1) is 0 Å². The fraction of sp³-hybridized carbons (Fsp3) is 0. The molecule has 3 rings (SSSR count). The molecular weight excluding hydrogens is 284 g/mol. The van der Waals surface area contributed by atoms with E-state index in [1.54, 1.807) is 29.8 Å². The number of fused-ring (bicyclic) bond motifs is 1. The molecule has 1 aromatic carbocycles. The van der Waals surface area contributed by atoms with Gasteiger partial charge in [0.2, 0.25) is 5.13 Å². The average Bonchev–Trinajstić information content (AvgIpc) is 2.92. The van der Waals surface area contributed by atoms with E-state index in [2.05, 4.69) is 9.98 Å². The summed E-state index contributed by atoms with van der Waals surface area (Å²) >= 11 is 7.59. The summed E-state index contributed by atoms with van der Waals surface area (Å²) in [6.07, 6.45) is 3.03. The van der Waals surface area contributed by atoms with Crippen molar-refractivity contribution in [3.63, 3.8) is 0 Å². The second-order valence-electron chi connectivity index (χ2n) is 3.69. The summed E-state index contributed by atoms with van der Waals surface area (Å²) in [5, 5.41) is 3.39. The molecule has 0 aliphatic rings. The fourth-order valence-corrected chi connectivity index (χ4v) is 2.40. The van der Waals surface area contributed by atoms with E-state index in [1.807, 2.05) is 6.07 Å². The Labute approximate surface area is 117 Å². The maximum atomic E-state index is 11.9. The van der Waals surface area contributed by atoms with Crippen LogP contribution in [0.2, 0.25) is 5.02 Å². The van der Waals surface area contributed by atoms with Crippen LogP contribution in [-0.2, 0) is 0 Å². The monoisotopic (exact) mass is 290 g/mol. The lowest BCUT2D eigenvalue weighted by molar-refractivity contribution is 0.560. The van der Waals surface area contributed by atoms with Gasteiger partial charge >= 0.3 is 5.63 Å². The first-order chi connectivity index (χ1) is 9.25. The molecule has 2 aromatic heterocycles. The number of halogens is 1. The van der Waals surface area contributed by atoms with Crippen molar-refractivity contribution in [2.45, 2.75) is 0 Å². The summed E-state index contributed by atoms with van der Waals surface area (Å²) in [6.45, 7) is 0. The molecule has 94 valence electrons. The number of aromatic nitrogens is 1. The lowest BCUT2D eigenvalue weighted by Crippen LogP contribution is -2.07. The van der Waals surface area contributed by atoms with E-state index < -0.39 is 5.63 Å². The standard InChI is InChI=1S/C13H7ClN2O2S/c14-11-8-3-1-2-4-10(8)18-12(17)9(11)7-16-13-15-5-6-19-13/h1-7H/b16-7+. The molecule has 6 heteroatoms. The largest absolute Gasteiger partial charge is 0.422 e. The predicted octanol–water partition coefficient (Wildman–Crippen LogP) is 3.65. The molecule has 0 fully saturated rings. The van der Waals surface area contributed by atoms with Gasteiger partial charge in [-0.2, -0.15) is 0 Å². The topological polar surface area (TPSA) is 55.5 Å². The van der Waals surface area contributed by atoms with Crippen molar-refractivity contribution in [3.8, 4) is 0 Å². The van der Waals surface area contributed by atoms with Gasteiger partial charge in [0.05, 0.1) is 10.6 Å². The number of nitrogens with zero attached hydrogens (tertiary/aromatic N) is 2. The van der Waals surface area contributed by atoms with E-state index in [1.165, 1.54) is 17.6 Å². The van der Waals surface area contributed by atoms with Crippen LogP contribution >= 0.6 is 22.9 Å². The van der Waals surface area contributed by atoms with Crippen LogP contribution in [0.5, 0.6) is 0 Å². The van der Waals surface area contributed by atoms with E-state index in [-0.39, 0.29) is 5.56 Å². The summed E-state index contributed by atoms with van der Waals surface area (Å²) in [5.41, 5.74) is 0.184. The molecule has 3 aromatic rings. The molecule has 0 bridgehead atoms. The molecule has 0 radical (unpaired) electrons. The first kappa shape index (κ1) is 12.1.